The summed E-state index contributed by atoms with van der Waals surface area (Å²) in [5, 5.41) is 3.15. The summed E-state index contributed by atoms with van der Waals surface area (Å²) < 4.78 is 5.11. The summed E-state index contributed by atoms with van der Waals surface area (Å²) in [6.07, 6.45) is 3.03. The molecule has 8 heteroatoms. The lowest BCUT2D eigenvalue weighted by molar-refractivity contribution is -0.123. The van der Waals surface area contributed by atoms with Gasteiger partial charge in [0, 0.05) is 10.7 Å². The van der Waals surface area contributed by atoms with Gasteiger partial charge in [-0.2, -0.15) is 0 Å². The topological polar surface area (TPSA) is 92.8 Å². The fourth-order valence-corrected chi connectivity index (χ4v) is 5.71. The zero-order valence-corrected chi connectivity index (χ0v) is 18.8. The van der Waals surface area contributed by atoms with Crippen LogP contribution in [-0.4, -0.2) is 30.3 Å². The van der Waals surface area contributed by atoms with Gasteiger partial charge in [0.15, 0.2) is 6.61 Å². The Bertz CT molecular complexity index is 1130. The molecule has 4 atom stereocenters. The highest BCUT2D eigenvalue weighted by molar-refractivity contribution is 6.31. The Balaban J connectivity index is 1.20. The number of ether oxygens (including phenoxy) is 1. The largest absolute Gasteiger partial charge is 0.452 e. The van der Waals surface area contributed by atoms with Crippen LogP contribution in [0.25, 0.3) is 0 Å². The first-order chi connectivity index (χ1) is 15.8. The molecule has 5 rings (SSSR count). The molecule has 2 aromatic carbocycles. The Morgan fingerprint density at radius 3 is 2.30 bits per heavy atom. The quantitative estimate of drug-likeness (QED) is 0.531. The Morgan fingerprint density at radius 1 is 1.03 bits per heavy atom. The van der Waals surface area contributed by atoms with E-state index < -0.39 is 18.5 Å². The summed E-state index contributed by atoms with van der Waals surface area (Å²) in [6, 6.07) is 11.3. The zero-order valence-electron chi connectivity index (χ0n) is 18.0. The second-order valence-electron chi connectivity index (χ2n) is 9.03. The summed E-state index contributed by atoms with van der Waals surface area (Å²) in [7, 11) is 0. The number of fused-ring (bicyclic) bond motifs is 5. The molecule has 0 unspecified atom stereocenters. The van der Waals surface area contributed by atoms with Crippen molar-refractivity contribution < 1.29 is 23.9 Å². The number of aryl methyl sites for hydroxylation is 1. The molecule has 0 spiro atoms. The lowest BCUT2D eigenvalue weighted by atomic mass is 9.81. The molecule has 33 heavy (non-hydrogen) atoms. The zero-order chi connectivity index (χ0) is 23.3. The van der Waals surface area contributed by atoms with Gasteiger partial charge in [0.05, 0.1) is 23.1 Å². The van der Waals surface area contributed by atoms with Gasteiger partial charge in [-0.25, -0.2) is 4.79 Å². The number of rotatable bonds is 5. The van der Waals surface area contributed by atoms with Crippen molar-refractivity contribution in [3.05, 3.63) is 58.6 Å². The fourth-order valence-electron chi connectivity index (χ4n) is 5.54. The summed E-state index contributed by atoms with van der Waals surface area (Å²) in [5.74, 6) is -1.16. The van der Waals surface area contributed by atoms with E-state index in [-0.39, 0.29) is 29.2 Å². The average molecular weight is 467 g/mol. The van der Waals surface area contributed by atoms with Gasteiger partial charge in [-0.3, -0.25) is 19.3 Å². The third-order valence-electron chi connectivity index (χ3n) is 7.10. The van der Waals surface area contributed by atoms with Crippen LogP contribution in [-0.2, 0) is 19.1 Å². The van der Waals surface area contributed by atoms with Gasteiger partial charge in [0.1, 0.15) is 0 Å². The second kappa shape index (κ2) is 8.30. The Labute approximate surface area is 196 Å². The van der Waals surface area contributed by atoms with Crippen LogP contribution < -0.4 is 10.2 Å². The van der Waals surface area contributed by atoms with E-state index in [9.17, 15) is 19.2 Å². The molecule has 3 amide bonds. The minimum atomic E-state index is -0.673. The average Bonchev–Trinajstić information content (AvgIpc) is 3.48. The molecular formula is C25H23ClN2O5. The molecule has 2 aromatic rings. The number of amides is 3. The van der Waals surface area contributed by atoms with Crippen LogP contribution in [0.2, 0.25) is 5.02 Å². The number of benzene rings is 2. The SMILES string of the molecule is Cc1ccc(Cl)cc1NC(=O)COC(=O)c1ccc(N2C(=O)[C@@H]3[C@H]4CC[C@@H](C4)[C@H]3C2=O)cc1. The molecule has 1 aliphatic heterocycles. The number of nitrogens with zero attached hydrogens (tertiary/aromatic N) is 1. The minimum Gasteiger partial charge on any atom is -0.452 e. The number of hydrogen-bond donors (Lipinski definition) is 1. The van der Waals surface area contributed by atoms with Gasteiger partial charge >= 0.3 is 5.97 Å². The number of anilines is 2. The third-order valence-corrected chi connectivity index (χ3v) is 7.33. The summed E-state index contributed by atoms with van der Waals surface area (Å²) in [5.41, 5.74) is 2.07. The van der Waals surface area contributed by atoms with E-state index in [1.54, 1.807) is 30.3 Å². The van der Waals surface area contributed by atoms with Crippen LogP contribution in [0.5, 0.6) is 0 Å². The first kappa shape index (κ1) is 21.6. The van der Waals surface area contributed by atoms with Crippen LogP contribution in [0.4, 0.5) is 11.4 Å². The summed E-state index contributed by atoms with van der Waals surface area (Å²) >= 11 is 5.95. The van der Waals surface area contributed by atoms with E-state index in [1.165, 1.54) is 17.0 Å². The smallest absolute Gasteiger partial charge is 0.338 e. The maximum atomic E-state index is 12.9. The van der Waals surface area contributed by atoms with Crippen molar-refractivity contribution in [1.29, 1.82) is 0 Å². The molecule has 2 aliphatic carbocycles. The van der Waals surface area contributed by atoms with Gasteiger partial charge in [0.2, 0.25) is 11.8 Å². The highest BCUT2D eigenvalue weighted by Gasteiger charge is 2.61. The maximum Gasteiger partial charge on any atom is 0.338 e. The molecule has 1 N–H and O–H groups in total. The molecule has 2 bridgehead atoms. The second-order valence-corrected chi connectivity index (χ2v) is 9.46. The van der Waals surface area contributed by atoms with Crippen molar-refractivity contribution in [1.82, 2.24) is 0 Å². The van der Waals surface area contributed by atoms with Crippen LogP contribution >= 0.6 is 11.6 Å². The Hall–Kier alpha value is -3.19. The van der Waals surface area contributed by atoms with Crippen molar-refractivity contribution in [3.63, 3.8) is 0 Å². The van der Waals surface area contributed by atoms with Crippen molar-refractivity contribution in [2.75, 3.05) is 16.8 Å². The molecule has 170 valence electrons. The molecule has 1 saturated heterocycles. The van der Waals surface area contributed by atoms with Gasteiger partial charge in [-0.05, 0) is 80.0 Å². The van der Waals surface area contributed by atoms with E-state index in [4.69, 9.17) is 16.3 Å². The first-order valence-electron chi connectivity index (χ1n) is 11.0. The summed E-state index contributed by atoms with van der Waals surface area (Å²) in [4.78, 5) is 51.7. The van der Waals surface area contributed by atoms with Crippen molar-refractivity contribution in [2.24, 2.45) is 23.7 Å². The van der Waals surface area contributed by atoms with E-state index >= 15 is 0 Å². The van der Waals surface area contributed by atoms with Crippen molar-refractivity contribution in [2.45, 2.75) is 26.2 Å². The normalized spacial score (nSPS) is 25.3. The highest BCUT2D eigenvalue weighted by Crippen LogP contribution is 2.56. The number of imide groups is 1. The van der Waals surface area contributed by atoms with Gasteiger partial charge in [-0.15, -0.1) is 0 Å². The Morgan fingerprint density at radius 2 is 1.67 bits per heavy atom. The van der Waals surface area contributed by atoms with E-state index in [0.29, 0.717) is 28.2 Å². The number of nitrogens with one attached hydrogen (secondary N) is 1. The van der Waals surface area contributed by atoms with Crippen LogP contribution in [0, 0.1) is 30.6 Å². The molecule has 3 fully saturated rings. The predicted molar refractivity (Wildman–Crippen MR) is 122 cm³/mol. The monoisotopic (exact) mass is 466 g/mol. The van der Waals surface area contributed by atoms with Gasteiger partial charge in [0.25, 0.3) is 5.91 Å². The third kappa shape index (κ3) is 3.80. The standard InChI is InChI=1S/C25H23ClN2O5/c1-13-2-7-17(26)11-19(13)27-20(29)12-33-25(32)14-5-8-18(9-6-14)28-23(30)21-15-3-4-16(10-15)22(21)24(28)31/h2,5-9,11,15-16,21-22H,3-4,10,12H2,1H3,(H,27,29)/t15-,16-,21+,22+/m0/s1. The van der Waals surface area contributed by atoms with E-state index in [2.05, 4.69) is 5.32 Å². The number of hydrogen-bond acceptors (Lipinski definition) is 5. The molecule has 0 aromatic heterocycles. The van der Waals surface area contributed by atoms with Crippen LogP contribution in [0.3, 0.4) is 0 Å². The van der Waals surface area contributed by atoms with Crippen LogP contribution in [0.15, 0.2) is 42.5 Å². The molecule has 2 saturated carbocycles. The summed E-state index contributed by atoms with van der Waals surface area (Å²) in [6.45, 7) is 1.37. The number of carbonyl (C=O) groups excluding carboxylic acids is 4. The first-order valence-corrected chi connectivity index (χ1v) is 11.4. The van der Waals surface area contributed by atoms with Gasteiger partial charge < -0.3 is 10.1 Å². The Kier molecular flexibility index (Phi) is 5.44. The molecule has 0 radical (unpaired) electrons. The lowest BCUT2D eigenvalue weighted by Crippen LogP contribution is -2.32. The lowest BCUT2D eigenvalue weighted by Gasteiger charge is -2.19. The highest BCUT2D eigenvalue weighted by atomic mass is 35.5. The van der Waals surface area contributed by atoms with Gasteiger partial charge in [-0.1, -0.05) is 17.7 Å². The number of carbonyl (C=O) groups is 4. The van der Waals surface area contributed by atoms with E-state index in [0.717, 1.165) is 24.8 Å². The number of esters is 1. The van der Waals surface area contributed by atoms with Crippen molar-refractivity contribution in [3.8, 4) is 0 Å². The predicted octanol–water partition coefficient (Wildman–Crippen LogP) is 3.98. The fraction of sp³-hybridized carbons (Fsp3) is 0.360. The molecule has 7 nitrogen and oxygen atoms in total. The van der Waals surface area contributed by atoms with E-state index in [1.807, 2.05) is 6.92 Å². The maximum absolute atomic E-state index is 12.9. The molecular weight excluding hydrogens is 444 g/mol. The molecule has 3 aliphatic rings. The van der Waals surface area contributed by atoms with Crippen molar-refractivity contribution >= 4 is 46.7 Å². The molecule has 1 heterocycles. The van der Waals surface area contributed by atoms with Crippen LogP contribution in [0.1, 0.15) is 35.2 Å². The minimum absolute atomic E-state index is 0.125. The number of halogens is 1.